The van der Waals surface area contributed by atoms with Crippen molar-refractivity contribution in [3.8, 4) is 5.75 Å². The highest BCUT2D eigenvalue weighted by Crippen LogP contribution is 2.33. The molecule has 3 rings (SSSR count). The topological polar surface area (TPSA) is 93.4 Å². The van der Waals surface area contributed by atoms with E-state index in [-0.39, 0.29) is 11.5 Å². The maximum Gasteiger partial charge on any atom is 0.353 e. The van der Waals surface area contributed by atoms with Gasteiger partial charge in [0.05, 0.1) is 12.0 Å². The van der Waals surface area contributed by atoms with Gasteiger partial charge in [0, 0.05) is 19.6 Å². The Balaban J connectivity index is 1.81. The van der Waals surface area contributed by atoms with Crippen LogP contribution in [-0.4, -0.2) is 35.1 Å². The standard InChI is InChI=1S/C18H23N5O3/c1-26-15-8-6-14(7-9-15)12-19-17-16(23(24)25)18(21-13-20-17)22-10-4-2-3-5-11-22/h6-9,13H,2-5,10-12H2,1H3,(H,19,20,21). The molecule has 0 saturated carbocycles. The third kappa shape index (κ3) is 4.19. The summed E-state index contributed by atoms with van der Waals surface area (Å²) in [5, 5.41) is 14.8. The van der Waals surface area contributed by atoms with Crippen molar-refractivity contribution in [2.45, 2.75) is 32.2 Å². The van der Waals surface area contributed by atoms with Crippen LogP contribution in [0, 0.1) is 10.1 Å². The number of nitrogens with one attached hydrogen (secondary N) is 1. The summed E-state index contributed by atoms with van der Waals surface area (Å²) in [5.74, 6) is 1.43. The van der Waals surface area contributed by atoms with Crippen LogP contribution in [-0.2, 0) is 6.54 Å². The number of methoxy groups -OCH3 is 1. The first-order valence-corrected chi connectivity index (χ1v) is 8.80. The first-order chi connectivity index (χ1) is 12.7. The quantitative estimate of drug-likeness (QED) is 0.625. The zero-order chi connectivity index (χ0) is 18.4. The summed E-state index contributed by atoms with van der Waals surface area (Å²) in [5.41, 5.74) is 0.929. The molecule has 2 heterocycles. The Morgan fingerprint density at radius 3 is 2.46 bits per heavy atom. The monoisotopic (exact) mass is 357 g/mol. The molecule has 8 heteroatoms. The molecular formula is C18H23N5O3. The van der Waals surface area contributed by atoms with Crippen LogP contribution in [0.15, 0.2) is 30.6 Å². The van der Waals surface area contributed by atoms with Gasteiger partial charge in [0.25, 0.3) is 0 Å². The summed E-state index contributed by atoms with van der Waals surface area (Å²) in [4.78, 5) is 21.7. The third-order valence-corrected chi connectivity index (χ3v) is 4.51. The molecular weight excluding hydrogens is 334 g/mol. The third-order valence-electron chi connectivity index (χ3n) is 4.51. The van der Waals surface area contributed by atoms with Crippen molar-refractivity contribution >= 4 is 17.3 Å². The number of benzene rings is 1. The summed E-state index contributed by atoms with van der Waals surface area (Å²) >= 11 is 0. The van der Waals surface area contributed by atoms with E-state index in [0.29, 0.717) is 12.4 Å². The van der Waals surface area contributed by atoms with E-state index in [2.05, 4.69) is 15.3 Å². The number of hydrogen-bond acceptors (Lipinski definition) is 7. The molecule has 0 radical (unpaired) electrons. The van der Waals surface area contributed by atoms with Gasteiger partial charge in [-0.3, -0.25) is 10.1 Å². The molecule has 1 N–H and O–H groups in total. The fourth-order valence-corrected chi connectivity index (χ4v) is 3.11. The smallest absolute Gasteiger partial charge is 0.353 e. The zero-order valence-corrected chi connectivity index (χ0v) is 14.9. The minimum atomic E-state index is -0.392. The van der Waals surface area contributed by atoms with Gasteiger partial charge in [0.15, 0.2) is 0 Å². The van der Waals surface area contributed by atoms with Gasteiger partial charge in [0.2, 0.25) is 11.6 Å². The van der Waals surface area contributed by atoms with E-state index in [1.165, 1.54) is 6.33 Å². The maximum absolute atomic E-state index is 11.7. The Labute approximate surface area is 152 Å². The van der Waals surface area contributed by atoms with Crippen LogP contribution in [0.4, 0.5) is 17.3 Å². The van der Waals surface area contributed by atoms with Gasteiger partial charge < -0.3 is 15.0 Å². The summed E-state index contributed by atoms with van der Waals surface area (Å²) in [6.45, 7) is 2.01. The summed E-state index contributed by atoms with van der Waals surface area (Å²) in [6.07, 6.45) is 5.74. The van der Waals surface area contributed by atoms with Crippen molar-refractivity contribution in [1.82, 2.24) is 9.97 Å². The average molecular weight is 357 g/mol. The van der Waals surface area contributed by atoms with Crippen LogP contribution in [0.3, 0.4) is 0 Å². The van der Waals surface area contributed by atoms with E-state index in [1.54, 1.807) is 7.11 Å². The lowest BCUT2D eigenvalue weighted by Gasteiger charge is -2.21. The highest BCUT2D eigenvalue weighted by Gasteiger charge is 2.27. The molecule has 0 bridgehead atoms. The molecule has 0 spiro atoms. The Kier molecular flexibility index (Phi) is 5.83. The van der Waals surface area contributed by atoms with Gasteiger partial charge in [-0.25, -0.2) is 9.97 Å². The van der Waals surface area contributed by atoms with Crippen LogP contribution in [0.5, 0.6) is 5.75 Å². The van der Waals surface area contributed by atoms with Crippen molar-refractivity contribution in [2.24, 2.45) is 0 Å². The van der Waals surface area contributed by atoms with Crippen molar-refractivity contribution in [2.75, 3.05) is 30.4 Å². The van der Waals surface area contributed by atoms with Crippen LogP contribution in [0.25, 0.3) is 0 Å². The van der Waals surface area contributed by atoms with Crippen LogP contribution >= 0.6 is 0 Å². The Morgan fingerprint density at radius 1 is 1.15 bits per heavy atom. The molecule has 1 fully saturated rings. The second-order valence-corrected chi connectivity index (χ2v) is 6.25. The Hall–Kier alpha value is -2.90. The van der Waals surface area contributed by atoms with E-state index in [4.69, 9.17) is 4.74 Å². The van der Waals surface area contributed by atoms with Gasteiger partial charge >= 0.3 is 5.69 Å². The van der Waals surface area contributed by atoms with Crippen molar-refractivity contribution in [3.05, 3.63) is 46.3 Å². The van der Waals surface area contributed by atoms with E-state index >= 15 is 0 Å². The summed E-state index contributed by atoms with van der Waals surface area (Å²) in [6, 6.07) is 7.53. The maximum atomic E-state index is 11.7. The summed E-state index contributed by atoms with van der Waals surface area (Å²) < 4.78 is 5.14. The lowest BCUT2D eigenvalue weighted by molar-refractivity contribution is -0.383. The Morgan fingerprint density at radius 2 is 1.85 bits per heavy atom. The number of rotatable bonds is 6. The van der Waals surface area contributed by atoms with Gasteiger partial charge in [-0.1, -0.05) is 25.0 Å². The summed E-state index contributed by atoms with van der Waals surface area (Å²) in [7, 11) is 1.61. The molecule has 0 atom stereocenters. The molecule has 0 amide bonds. The van der Waals surface area contributed by atoms with E-state index in [0.717, 1.165) is 50.1 Å². The van der Waals surface area contributed by atoms with Gasteiger partial charge in [-0.05, 0) is 30.5 Å². The van der Waals surface area contributed by atoms with Gasteiger partial charge in [-0.2, -0.15) is 0 Å². The molecule has 138 valence electrons. The van der Waals surface area contributed by atoms with Crippen molar-refractivity contribution in [3.63, 3.8) is 0 Å². The fraction of sp³-hybridized carbons (Fsp3) is 0.444. The first-order valence-electron chi connectivity index (χ1n) is 8.80. The molecule has 1 aliphatic heterocycles. The highest BCUT2D eigenvalue weighted by atomic mass is 16.6. The van der Waals surface area contributed by atoms with Gasteiger partial charge in [0.1, 0.15) is 12.1 Å². The number of hydrogen-bond donors (Lipinski definition) is 1. The van der Waals surface area contributed by atoms with Crippen molar-refractivity contribution in [1.29, 1.82) is 0 Å². The first kappa shape index (κ1) is 17.9. The zero-order valence-electron chi connectivity index (χ0n) is 14.9. The number of nitrogens with zero attached hydrogens (tertiary/aromatic N) is 4. The fourth-order valence-electron chi connectivity index (χ4n) is 3.11. The molecule has 1 saturated heterocycles. The number of ether oxygens (including phenoxy) is 1. The largest absolute Gasteiger partial charge is 0.497 e. The highest BCUT2D eigenvalue weighted by molar-refractivity contribution is 5.70. The minimum absolute atomic E-state index is 0.0529. The Bertz CT molecular complexity index is 743. The van der Waals surface area contributed by atoms with Crippen LogP contribution < -0.4 is 15.0 Å². The second kappa shape index (κ2) is 8.46. The van der Waals surface area contributed by atoms with E-state index < -0.39 is 4.92 Å². The molecule has 26 heavy (non-hydrogen) atoms. The molecule has 2 aromatic rings. The molecule has 0 aliphatic carbocycles. The predicted molar refractivity (Wildman–Crippen MR) is 99.7 cm³/mol. The minimum Gasteiger partial charge on any atom is -0.497 e. The lowest BCUT2D eigenvalue weighted by Crippen LogP contribution is -2.26. The predicted octanol–water partition coefficient (Wildman–Crippen LogP) is 3.39. The SMILES string of the molecule is COc1ccc(CNc2ncnc(N3CCCCCC3)c2[N+](=O)[O-])cc1. The second-order valence-electron chi connectivity index (χ2n) is 6.25. The molecule has 1 aliphatic rings. The molecule has 1 aromatic carbocycles. The van der Waals surface area contributed by atoms with Crippen LogP contribution in [0.1, 0.15) is 31.2 Å². The van der Waals surface area contributed by atoms with Crippen molar-refractivity contribution < 1.29 is 9.66 Å². The number of anilines is 2. The number of nitro groups is 1. The molecule has 0 unspecified atom stereocenters. The van der Waals surface area contributed by atoms with Crippen LogP contribution in [0.2, 0.25) is 0 Å². The lowest BCUT2D eigenvalue weighted by atomic mass is 10.2. The molecule has 1 aromatic heterocycles. The van der Waals surface area contributed by atoms with E-state index in [1.807, 2.05) is 29.2 Å². The normalized spacial score (nSPS) is 14.6. The van der Waals surface area contributed by atoms with E-state index in [9.17, 15) is 10.1 Å². The van der Waals surface area contributed by atoms with Gasteiger partial charge in [-0.15, -0.1) is 0 Å². The molecule has 8 nitrogen and oxygen atoms in total. The average Bonchev–Trinajstić information content (AvgIpc) is 2.95. The number of aromatic nitrogens is 2.